The molecule has 0 aliphatic carbocycles. The molecule has 1 aliphatic heterocycles. The van der Waals surface area contributed by atoms with Gasteiger partial charge in [-0.15, -0.1) is 0 Å². The Hall–Kier alpha value is -1.85. The van der Waals surface area contributed by atoms with Crippen molar-refractivity contribution in [3.05, 3.63) is 33.8 Å². The summed E-state index contributed by atoms with van der Waals surface area (Å²) in [6.07, 6.45) is 3.06. The van der Waals surface area contributed by atoms with E-state index in [2.05, 4.69) is 10.3 Å². The summed E-state index contributed by atoms with van der Waals surface area (Å²) in [6, 6.07) is 1.82. The number of hydrogen-bond acceptors (Lipinski definition) is 4. The highest BCUT2D eigenvalue weighted by molar-refractivity contribution is 5.04. The molecule has 0 saturated carbocycles. The zero-order chi connectivity index (χ0) is 11.8. The Labute approximate surface area is 97.8 Å². The number of nitrogens with zero attached hydrogens (tertiary/aromatic N) is 4. The highest BCUT2D eigenvalue weighted by atomic mass is 16.5. The zero-order valence-corrected chi connectivity index (χ0v) is 9.72. The minimum Gasteiger partial charge on any atom is -0.361 e. The average molecular weight is 234 g/mol. The van der Waals surface area contributed by atoms with Crippen molar-refractivity contribution in [3.63, 3.8) is 0 Å². The van der Waals surface area contributed by atoms with E-state index < -0.39 is 0 Å². The lowest BCUT2D eigenvalue weighted by Gasteiger charge is -2.09. The van der Waals surface area contributed by atoms with Crippen molar-refractivity contribution >= 4 is 0 Å². The van der Waals surface area contributed by atoms with Gasteiger partial charge in [-0.1, -0.05) is 5.16 Å². The van der Waals surface area contributed by atoms with Crippen molar-refractivity contribution in [1.29, 1.82) is 0 Å². The van der Waals surface area contributed by atoms with Crippen LogP contribution in [-0.2, 0) is 19.5 Å². The fourth-order valence-electron chi connectivity index (χ4n) is 2.20. The van der Waals surface area contributed by atoms with Crippen molar-refractivity contribution in [2.75, 3.05) is 0 Å². The molecule has 6 nitrogen and oxygen atoms in total. The standard InChI is InChI=1S/C11H14N4O2/c1-8-6-9(13-17-8)7-15-11(16)14-5-3-2-4-10(14)12-15/h6H,2-5,7H2,1H3. The Morgan fingerprint density at radius 3 is 3.06 bits per heavy atom. The molecule has 3 heterocycles. The lowest BCUT2D eigenvalue weighted by atomic mass is 10.2. The average Bonchev–Trinajstić information content (AvgIpc) is 2.86. The third-order valence-electron chi connectivity index (χ3n) is 3.02. The van der Waals surface area contributed by atoms with Crippen LogP contribution in [0.15, 0.2) is 15.4 Å². The maximum atomic E-state index is 12.0. The summed E-state index contributed by atoms with van der Waals surface area (Å²) in [5.74, 6) is 1.64. The van der Waals surface area contributed by atoms with Gasteiger partial charge in [-0.3, -0.25) is 4.57 Å². The number of rotatable bonds is 2. The summed E-state index contributed by atoms with van der Waals surface area (Å²) in [5.41, 5.74) is 0.695. The van der Waals surface area contributed by atoms with E-state index in [1.807, 2.05) is 13.0 Å². The molecule has 17 heavy (non-hydrogen) atoms. The number of hydrogen-bond donors (Lipinski definition) is 0. The van der Waals surface area contributed by atoms with Crippen LogP contribution >= 0.6 is 0 Å². The van der Waals surface area contributed by atoms with Gasteiger partial charge in [0.15, 0.2) is 0 Å². The normalized spacial score (nSPS) is 14.9. The van der Waals surface area contributed by atoms with E-state index in [1.165, 1.54) is 4.68 Å². The van der Waals surface area contributed by atoms with E-state index >= 15 is 0 Å². The molecule has 6 heteroatoms. The van der Waals surface area contributed by atoms with E-state index in [9.17, 15) is 4.79 Å². The maximum Gasteiger partial charge on any atom is 0.346 e. The number of aromatic nitrogens is 4. The SMILES string of the molecule is Cc1cc(Cn2nc3n(c2=O)CCCC3)no1. The van der Waals surface area contributed by atoms with Crippen LogP contribution in [-0.4, -0.2) is 19.5 Å². The lowest BCUT2D eigenvalue weighted by Crippen LogP contribution is -2.27. The quantitative estimate of drug-likeness (QED) is 0.768. The van der Waals surface area contributed by atoms with Crippen LogP contribution in [0.5, 0.6) is 0 Å². The van der Waals surface area contributed by atoms with E-state index in [0.29, 0.717) is 6.54 Å². The van der Waals surface area contributed by atoms with Crippen molar-refractivity contribution < 1.29 is 4.52 Å². The second kappa shape index (κ2) is 3.87. The summed E-state index contributed by atoms with van der Waals surface area (Å²) in [6.45, 7) is 3.00. The summed E-state index contributed by atoms with van der Waals surface area (Å²) < 4.78 is 8.21. The van der Waals surface area contributed by atoms with Crippen molar-refractivity contribution in [2.24, 2.45) is 0 Å². The van der Waals surface area contributed by atoms with Gasteiger partial charge in [0.2, 0.25) is 0 Å². The molecule has 0 unspecified atom stereocenters. The van der Waals surface area contributed by atoms with Gasteiger partial charge in [-0.2, -0.15) is 5.10 Å². The molecule has 0 atom stereocenters. The van der Waals surface area contributed by atoms with Crippen LogP contribution in [0.1, 0.15) is 30.1 Å². The van der Waals surface area contributed by atoms with E-state index in [1.54, 1.807) is 4.57 Å². The number of fused-ring (bicyclic) bond motifs is 1. The van der Waals surface area contributed by atoms with Crippen LogP contribution in [0, 0.1) is 6.92 Å². The first kappa shape index (κ1) is 10.3. The fraction of sp³-hybridized carbons (Fsp3) is 0.545. The molecular formula is C11H14N4O2. The Balaban J connectivity index is 1.93. The van der Waals surface area contributed by atoms with Gasteiger partial charge >= 0.3 is 5.69 Å². The van der Waals surface area contributed by atoms with Crippen LogP contribution in [0.4, 0.5) is 0 Å². The van der Waals surface area contributed by atoms with Gasteiger partial charge in [-0.25, -0.2) is 9.48 Å². The fourth-order valence-corrected chi connectivity index (χ4v) is 2.20. The first-order valence-electron chi connectivity index (χ1n) is 5.83. The van der Waals surface area contributed by atoms with Crippen LogP contribution in [0.3, 0.4) is 0 Å². The van der Waals surface area contributed by atoms with Gasteiger partial charge in [0, 0.05) is 19.0 Å². The summed E-state index contributed by atoms with van der Waals surface area (Å²) in [7, 11) is 0. The Morgan fingerprint density at radius 2 is 2.35 bits per heavy atom. The molecule has 1 aliphatic rings. The second-order valence-electron chi connectivity index (χ2n) is 4.39. The molecule has 0 bridgehead atoms. The van der Waals surface area contributed by atoms with Crippen molar-refractivity contribution in [3.8, 4) is 0 Å². The molecular weight excluding hydrogens is 220 g/mol. The Morgan fingerprint density at radius 1 is 1.47 bits per heavy atom. The maximum absolute atomic E-state index is 12.0. The summed E-state index contributed by atoms with van der Waals surface area (Å²) in [5, 5.41) is 8.21. The van der Waals surface area contributed by atoms with Crippen LogP contribution < -0.4 is 5.69 Å². The predicted molar refractivity (Wildman–Crippen MR) is 59.8 cm³/mol. The highest BCUT2D eigenvalue weighted by Gasteiger charge is 2.17. The third-order valence-corrected chi connectivity index (χ3v) is 3.02. The minimum absolute atomic E-state index is 0.0413. The molecule has 0 saturated heterocycles. The molecule has 0 radical (unpaired) electrons. The van der Waals surface area contributed by atoms with Crippen LogP contribution in [0.25, 0.3) is 0 Å². The van der Waals surface area contributed by atoms with Crippen molar-refractivity contribution in [2.45, 2.75) is 39.3 Å². The molecule has 0 aromatic carbocycles. The van der Waals surface area contributed by atoms with Gasteiger partial charge < -0.3 is 4.52 Å². The number of aryl methyl sites for hydroxylation is 2. The monoisotopic (exact) mass is 234 g/mol. The summed E-state index contributed by atoms with van der Waals surface area (Å²) >= 11 is 0. The molecule has 0 spiro atoms. The predicted octanol–water partition coefficient (Wildman–Crippen LogP) is 0.726. The molecule has 0 amide bonds. The van der Waals surface area contributed by atoms with E-state index in [4.69, 9.17) is 4.52 Å². The lowest BCUT2D eigenvalue weighted by molar-refractivity contribution is 0.387. The van der Waals surface area contributed by atoms with E-state index in [0.717, 1.165) is 43.1 Å². The van der Waals surface area contributed by atoms with Gasteiger partial charge in [0.25, 0.3) is 0 Å². The summed E-state index contributed by atoms with van der Waals surface area (Å²) in [4.78, 5) is 12.0. The third kappa shape index (κ3) is 1.79. The van der Waals surface area contributed by atoms with Gasteiger partial charge in [-0.05, 0) is 19.8 Å². The molecule has 0 fully saturated rings. The zero-order valence-electron chi connectivity index (χ0n) is 9.72. The first-order chi connectivity index (χ1) is 8.24. The molecule has 2 aromatic heterocycles. The van der Waals surface area contributed by atoms with E-state index in [-0.39, 0.29) is 5.69 Å². The Kier molecular flexibility index (Phi) is 2.35. The topological polar surface area (TPSA) is 65.8 Å². The largest absolute Gasteiger partial charge is 0.361 e. The van der Waals surface area contributed by atoms with Gasteiger partial charge in [0.1, 0.15) is 17.3 Å². The molecule has 2 aromatic rings. The second-order valence-corrected chi connectivity index (χ2v) is 4.39. The first-order valence-corrected chi connectivity index (χ1v) is 5.83. The Bertz CT molecular complexity index is 593. The molecule has 90 valence electrons. The highest BCUT2D eigenvalue weighted by Crippen LogP contribution is 2.10. The minimum atomic E-state index is -0.0413. The smallest absolute Gasteiger partial charge is 0.346 e. The molecule has 3 rings (SSSR count). The molecule has 0 N–H and O–H groups in total. The van der Waals surface area contributed by atoms with Gasteiger partial charge in [0.05, 0.1) is 6.54 Å². The van der Waals surface area contributed by atoms with Crippen LogP contribution in [0.2, 0.25) is 0 Å². The van der Waals surface area contributed by atoms with Crippen molar-refractivity contribution in [1.82, 2.24) is 19.5 Å².